The number of hydrogen-bond donors (Lipinski definition) is 2. The van der Waals surface area contributed by atoms with Crippen LogP contribution >= 0.6 is 11.8 Å². The van der Waals surface area contributed by atoms with Crippen molar-refractivity contribution >= 4 is 24.5 Å². The van der Waals surface area contributed by atoms with Crippen molar-refractivity contribution in [1.29, 1.82) is 0 Å². The molecular weight excluding hydrogens is 166 g/mol. The molecule has 0 saturated heterocycles. The highest BCUT2D eigenvalue weighted by Gasteiger charge is 2.05. The van der Waals surface area contributed by atoms with Gasteiger partial charge in [-0.1, -0.05) is 0 Å². The molecule has 5 heteroatoms. The van der Waals surface area contributed by atoms with Crippen LogP contribution in [0.3, 0.4) is 0 Å². The van der Waals surface area contributed by atoms with Gasteiger partial charge in [-0.3, -0.25) is 4.79 Å². The number of hydrogen-bond acceptors (Lipinski definition) is 4. The fraction of sp³-hybridized carbons (Fsp3) is 0.667. The van der Waals surface area contributed by atoms with E-state index in [0.717, 1.165) is 6.29 Å². The summed E-state index contributed by atoms with van der Waals surface area (Å²) in [6.45, 7) is -0.0378. The van der Waals surface area contributed by atoms with Crippen LogP contribution < -0.4 is 5.32 Å². The molecular formula is C6H11NO3S. The maximum Gasteiger partial charge on any atom is 0.207 e. The normalized spacial score (nSPS) is 12.1. The van der Waals surface area contributed by atoms with Crippen molar-refractivity contribution in [2.24, 2.45) is 0 Å². The van der Waals surface area contributed by atoms with E-state index in [0.29, 0.717) is 18.7 Å². The summed E-state index contributed by atoms with van der Waals surface area (Å²) in [4.78, 5) is 19.8. The summed E-state index contributed by atoms with van der Waals surface area (Å²) in [5.41, 5.74) is 0. The van der Waals surface area contributed by atoms with Gasteiger partial charge in [0.2, 0.25) is 6.41 Å². The molecule has 0 saturated carbocycles. The van der Waals surface area contributed by atoms with Gasteiger partial charge in [-0.15, -0.1) is 11.8 Å². The molecule has 0 spiro atoms. The van der Waals surface area contributed by atoms with Crippen LogP contribution in [0.15, 0.2) is 0 Å². The highest BCUT2D eigenvalue weighted by atomic mass is 32.2. The molecule has 0 radical (unpaired) electrons. The first kappa shape index (κ1) is 10.4. The van der Waals surface area contributed by atoms with Crippen LogP contribution in [0.5, 0.6) is 0 Å². The molecule has 0 aromatic heterocycles. The number of aldehydes is 1. The van der Waals surface area contributed by atoms with E-state index < -0.39 is 0 Å². The molecule has 2 N–H and O–H groups in total. The summed E-state index contributed by atoms with van der Waals surface area (Å²) in [5, 5.41) is 11.0. The van der Waals surface area contributed by atoms with Crippen molar-refractivity contribution in [3.63, 3.8) is 0 Å². The van der Waals surface area contributed by atoms with Gasteiger partial charge in [0.15, 0.2) is 0 Å². The van der Waals surface area contributed by atoms with Gasteiger partial charge >= 0.3 is 0 Å². The van der Waals surface area contributed by atoms with Gasteiger partial charge in [0.05, 0.1) is 12.5 Å². The molecule has 0 rings (SSSR count). The Morgan fingerprint density at radius 3 is 2.73 bits per heavy atom. The van der Waals surface area contributed by atoms with E-state index in [2.05, 4.69) is 5.32 Å². The number of nitrogens with one attached hydrogen (secondary N) is 1. The summed E-state index contributed by atoms with van der Waals surface area (Å²) in [6.07, 6.45) is 1.67. The van der Waals surface area contributed by atoms with Gasteiger partial charge in [0.25, 0.3) is 0 Å². The Labute approximate surface area is 69.4 Å². The number of amides is 1. The average Bonchev–Trinajstić information content (AvgIpc) is 2.03. The lowest BCUT2D eigenvalue weighted by molar-refractivity contribution is -0.109. The smallest absolute Gasteiger partial charge is 0.207 e. The SMILES string of the molecule is O=CCC(CO)SCNC=O. The number of rotatable bonds is 7. The molecule has 0 fully saturated rings. The molecule has 0 aliphatic rings. The molecule has 0 heterocycles. The number of thioether (sulfide) groups is 1. The van der Waals surface area contributed by atoms with E-state index in [9.17, 15) is 9.59 Å². The van der Waals surface area contributed by atoms with Crippen molar-refractivity contribution in [2.75, 3.05) is 12.5 Å². The highest BCUT2D eigenvalue weighted by molar-refractivity contribution is 7.99. The first-order valence-corrected chi connectivity index (χ1v) is 4.23. The van der Waals surface area contributed by atoms with Crippen molar-refractivity contribution in [3.05, 3.63) is 0 Å². The lowest BCUT2D eigenvalue weighted by Crippen LogP contribution is -2.16. The molecule has 1 amide bonds. The molecule has 0 bridgehead atoms. The second kappa shape index (κ2) is 7.56. The number of carbonyl (C=O) groups excluding carboxylic acids is 2. The number of aliphatic hydroxyl groups is 1. The number of aliphatic hydroxyl groups excluding tert-OH is 1. The van der Waals surface area contributed by atoms with Crippen LogP contribution in [0, 0.1) is 0 Å². The van der Waals surface area contributed by atoms with Gasteiger partial charge in [-0.05, 0) is 0 Å². The molecule has 0 aromatic carbocycles. The van der Waals surface area contributed by atoms with Gasteiger partial charge in [-0.2, -0.15) is 0 Å². The zero-order valence-corrected chi connectivity index (χ0v) is 6.84. The predicted octanol–water partition coefficient (Wildman–Crippen LogP) is -0.627. The molecule has 64 valence electrons. The maximum atomic E-state index is 9.99. The standard InChI is InChI=1S/C6H11NO3S/c8-2-1-6(3-9)11-5-7-4-10/h2,4,6,9H,1,3,5H2,(H,7,10). The Kier molecular flexibility index (Phi) is 7.18. The Morgan fingerprint density at radius 1 is 1.55 bits per heavy atom. The minimum atomic E-state index is -0.0973. The van der Waals surface area contributed by atoms with Crippen molar-refractivity contribution in [3.8, 4) is 0 Å². The Balaban J connectivity index is 3.34. The highest BCUT2D eigenvalue weighted by Crippen LogP contribution is 2.10. The Hall–Kier alpha value is -0.550. The second-order valence-electron chi connectivity index (χ2n) is 1.84. The molecule has 0 aliphatic heterocycles. The van der Waals surface area contributed by atoms with E-state index >= 15 is 0 Å². The van der Waals surface area contributed by atoms with Crippen LogP contribution in [0.4, 0.5) is 0 Å². The first-order valence-electron chi connectivity index (χ1n) is 3.18. The Morgan fingerprint density at radius 2 is 2.27 bits per heavy atom. The third kappa shape index (κ3) is 5.87. The summed E-state index contributed by atoms with van der Waals surface area (Å²) in [6, 6.07) is 0. The van der Waals surface area contributed by atoms with Gasteiger partial charge in [0.1, 0.15) is 6.29 Å². The lowest BCUT2D eigenvalue weighted by Gasteiger charge is -2.08. The molecule has 1 atom stereocenters. The average molecular weight is 177 g/mol. The molecule has 1 unspecified atom stereocenters. The summed E-state index contributed by atoms with van der Waals surface area (Å²) < 4.78 is 0. The molecule has 4 nitrogen and oxygen atoms in total. The lowest BCUT2D eigenvalue weighted by atomic mass is 10.3. The van der Waals surface area contributed by atoms with Crippen molar-refractivity contribution in [2.45, 2.75) is 11.7 Å². The van der Waals surface area contributed by atoms with Crippen LogP contribution in [-0.2, 0) is 9.59 Å². The van der Waals surface area contributed by atoms with Crippen molar-refractivity contribution in [1.82, 2.24) is 5.32 Å². The maximum absolute atomic E-state index is 9.99. The predicted molar refractivity (Wildman–Crippen MR) is 43.2 cm³/mol. The zero-order valence-electron chi connectivity index (χ0n) is 6.03. The Bertz CT molecular complexity index is 120. The minimum Gasteiger partial charge on any atom is -0.395 e. The largest absolute Gasteiger partial charge is 0.395 e. The fourth-order valence-electron chi connectivity index (χ4n) is 0.503. The van der Waals surface area contributed by atoms with Crippen LogP contribution in [0.25, 0.3) is 0 Å². The quantitative estimate of drug-likeness (QED) is 0.309. The fourth-order valence-corrected chi connectivity index (χ4v) is 1.22. The van der Waals surface area contributed by atoms with E-state index in [1.165, 1.54) is 11.8 Å². The molecule has 0 aromatic rings. The van der Waals surface area contributed by atoms with Gasteiger partial charge < -0.3 is 15.2 Å². The zero-order chi connectivity index (χ0) is 8.53. The van der Waals surface area contributed by atoms with E-state index in [1.807, 2.05) is 0 Å². The van der Waals surface area contributed by atoms with Crippen LogP contribution in [0.2, 0.25) is 0 Å². The topological polar surface area (TPSA) is 66.4 Å². The van der Waals surface area contributed by atoms with Gasteiger partial charge in [0, 0.05) is 11.7 Å². The monoisotopic (exact) mass is 177 g/mol. The minimum absolute atomic E-state index is 0.0378. The van der Waals surface area contributed by atoms with Crippen molar-refractivity contribution < 1.29 is 14.7 Å². The summed E-state index contributed by atoms with van der Waals surface area (Å²) in [5.74, 6) is 0.433. The van der Waals surface area contributed by atoms with Crippen LogP contribution in [-0.4, -0.2) is 35.5 Å². The second-order valence-corrected chi connectivity index (χ2v) is 3.13. The van der Waals surface area contributed by atoms with Crippen LogP contribution in [0.1, 0.15) is 6.42 Å². The van der Waals surface area contributed by atoms with E-state index in [4.69, 9.17) is 5.11 Å². The van der Waals surface area contributed by atoms with E-state index in [-0.39, 0.29) is 11.9 Å². The van der Waals surface area contributed by atoms with Gasteiger partial charge in [-0.25, -0.2) is 0 Å². The third-order valence-electron chi connectivity index (χ3n) is 1.05. The summed E-state index contributed by atoms with van der Waals surface area (Å²) >= 11 is 1.35. The third-order valence-corrected chi connectivity index (χ3v) is 2.19. The molecule has 11 heavy (non-hydrogen) atoms. The number of carbonyl (C=O) groups is 2. The summed E-state index contributed by atoms with van der Waals surface area (Å²) in [7, 11) is 0. The molecule has 0 aliphatic carbocycles. The first-order chi connectivity index (χ1) is 5.35. The van der Waals surface area contributed by atoms with E-state index in [1.54, 1.807) is 0 Å².